The van der Waals surface area contributed by atoms with Crippen LogP contribution in [-0.4, -0.2) is 41.6 Å². The monoisotopic (exact) mass is 673 g/mol. The lowest BCUT2D eigenvalue weighted by molar-refractivity contribution is -0.147. The van der Waals surface area contributed by atoms with Crippen LogP contribution < -0.4 is 11.1 Å². The van der Waals surface area contributed by atoms with Crippen LogP contribution in [0.15, 0.2) is 48.6 Å². The molecule has 0 aliphatic heterocycles. The Balaban J connectivity index is 4.43. The van der Waals surface area contributed by atoms with Gasteiger partial charge in [-0.05, 0) is 96.1 Å². The molecule has 7 heteroatoms. The largest absolute Gasteiger partial charge is 0.480 e. The zero-order valence-corrected chi connectivity index (χ0v) is 30.8. The molecule has 0 aliphatic rings. The minimum absolute atomic E-state index is 0.120. The molecule has 2 unspecified atom stereocenters. The first-order valence-electron chi connectivity index (χ1n) is 19.5. The molecule has 2 atom stereocenters. The number of nitrogens with one attached hydrogen (secondary N) is 1. The second-order valence-corrected chi connectivity index (χ2v) is 13.0. The quantitative estimate of drug-likeness (QED) is 0.0356. The SMILES string of the molecule is CCCC/C=C\C/C=C\CCCCCCCC(=O)OC(/C=C\C/C=C\CCCCCC)CCCCCCC(=O)NC(CCCN)C(=O)O. The number of rotatable bonds is 34. The Hall–Kier alpha value is -2.67. The number of hydrogen-bond donors (Lipinski definition) is 3. The van der Waals surface area contributed by atoms with Gasteiger partial charge in [-0.1, -0.05) is 121 Å². The summed E-state index contributed by atoms with van der Waals surface area (Å²) in [6.07, 6.45) is 41.6. The van der Waals surface area contributed by atoms with Crippen LogP contribution in [0.2, 0.25) is 0 Å². The Morgan fingerprint density at radius 2 is 1.17 bits per heavy atom. The van der Waals surface area contributed by atoms with Crippen molar-refractivity contribution in [1.82, 2.24) is 5.32 Å². The van der Waals surface area contributed by atoms with Crippen LogP contribution in [0.25, 0.3) is 0 Å². The summed E-state index contributed by atoms with van der Waals surface area (Å²) in [5.74, 6) is -1.37. The van der Waals surface area contributed by atoms with E-state index in [0.717, 1.165) is 70.6 Å². The minimum Gasteiger partial charge on any atom is -0.480 e. The maximum absolute atomic E-state index is 12.7. The van der Waals surface area contributed by atoms with Gasteiger partial charge in [0.1, 0.15) is 12.1 Å². The summed E-state index contributed by atoms with van der Waals surface area (Å²) >= 11 is 0. The number of aliphatic carboxylic acids is 1. The molecule has 0 saturated heterocycles. The predicted molar refractivity (Wildman–Crippen MR) is 202 cm³/mol. The van der Waals surface area contributed by atoms with E-state index in [4.69, 9.17) is 10.5 Å². The van der Waals surface area contributed by atoms with Gasteiger partial charge in [-0.2, -0.15) is 0 Å². The molecule has 4 N–H and O–H groups in total. The van der Waals surface area contributed by atoms with E-state index < -0.39 is 12.0 Å². The van der Waals surface area contributed by atoms with E-state index in [-0.39, 0.29) is 18.0 Å². The molecule has 0 aromatic heterocycles. The highest BCUT2D eigenvalue weighted by atomic mass is 16.5. The van der Waals surface area contributed by atoms with Crippen molar-refractivity contribution in [2.75, 3.05) is 6.54 Å². The van der Waals surface area contributed by atoms with Crippen molar-refractivity contribution in [3.05, 3.63) is 48.6 Å². The van der Waals surface area contributed by atoms with Crippen LogP contribution in [0.4, 0.5) is 0 Å². The van der Waals surface area contributed by atoms with Crippen LogP contribution in [0.3, 0.4) is 0 Å². The molecular weight excluding hydrogens is 600 g/mol. The molecule has 0 bridgehead atoms. The maximum Gasteiger partial charge on any atom is 0.326 e. The Morgan fingerprint density at radius 1 is 0.625 bits per heavy atom. The molecule has 48 heavy (non-hydrogen) atoms. The van der Waals surface area contributed by atoms with Crippen molar-refractivity contribution in [2.45, 2.75) is 187 Å². The molecule has 0 rings (SSSR count). The molecule has 0 saturated carbocycles. The van der Waals surface area contributed by atoms with E-state index in [2.05, 4.69) is 61.7 Å². The summed E-state index contributed by atoms with van der Waals surface area (Å²) in [7, 11) is 0. The smallest absolute Gasteiger partial charge is 0.326 e. The van der Waals surface area contributed by atoms with E-state index in [1.165, 1.54) is 57.8 Å². The summed E-state index contributed by atoms with van der Waals surface area (Å²) in [6.45, 7) is 4.85. The molecular formula is C41H72N2O5. The molecule has 0 aromatic carbocycles. The van der Waals surface area contributed by atoms with Crippen LogP contribution >= 0.6 is 0 Å². The molecule has 0 heterocycles. The molecule has 276 valence electrons. The number of carbonyl (C=O) groups is 3. The van der Waals surface area contributed by atoms with Crippen LogP contribution in [-0.2, 0) is 19.1 Å². The minimum atomic E-state index is -1.02. The van der Waals surface area contributed by atoms with Gasteiger partial charge in [-0.3, -0.25) is 9.59 Å². The van der Waals surface area contributed by atoms with E-state index in [0.29, 0.717) is 38.6 Å². The highest BCUT2D eigenvalue weighted by molar-refractivity contribution is 5.83. The lowest BCUT2D eigenvalue weighted by Crippen LogP contribution is -2.40. The van der Waals surface area contributed by atoms with Crippen LogP contribution in [0, 0.1) is 0 Å². The number of carbonyl (C=O) groups excluding carboxylic acids is 2. The average Bonchev–Trinajstić information content (AvgIpc) is 3.07. The topological polar surface area (TPSA) is 119 Å². The van der Waals surface area contributed by atoms with Gasteiger partial charge >= 0.3 is 11.9 Å². The Bertz CT molecular complexity index is 895. The van der Waals surface area contributed by atoms with Gasteiger partial charge in [0.15, 0.2) is 0 Å². The number of hydrogen-bond acceptors (Lipinski definition) is 5. The zero-order valence-electron chi connectivity index (χ0n) is 30.8. The lowest BCUT2D eigenvalue weighted by Gasteiger charge is -2.15. The molecule has 7 nitrogen and oxygen atoms in total. The third-order valence-electron chi connectivity index (χ3n) is 8.35. The molecule has 0 aliphatic carbocycles. The lowest BCUT2D eigenvalue weighted by atomic mass is 10.1. The summed E-state index contributed by atoms with van der Waals surface area (Å²) < 4.78 is 5.89. The Labute approximate surface area is 294 Å². The standard InChI is InChI=1S/C41H72N2O5/c1-3-5-7-9-11-13-14-15-16-17-19-21-23-29-35-40(45)48-37(31-26-22-20-18-12-10-8-6-4-2)32-27-24-25-28-34-39(44)43-38(41(46)47)33-30-36-42/h9,11,14-15,18,20,26,31,37-38H,3-8,10,12-13,16-17,19,21-25,27-30,32-36,42H2,1-2H3,(H,43,44)(H,46,47)/b11-9-,15-14-,20-18-,31-26-. The van der Waals surface area contributed by atoms with Crippen LogP contribution in [0.1, 0.15) is 174 Å². The zero-order chi connectivity index (χ0) is 35.3. The summed E-state index contributed by atoms with van der Waals surface area (Å²) in [4.78, 5) is 36.2. The summed E-state index contributed by atoms with van der Waals surface area (Å²) in [5, 5.41) is 11.9. The van der Waals surface area contributed by atoms with E-state index in [1.807, 2.05) is 6.08 Å². The first kappa shape index (κ1) is 45.3. The highest BCUT2D eigenvalue weighted by Gasteiger charge is 2.19. The number of nitrogens with two attached hydrogens (primary N) is 1. The van der Waals surface area contributed by atoms with Crippen molar-refractivity contribution in [3.63, 3.8) is 0 Å². The summed E-state index contributed by atoms with van der Waals surface area (Å²) in [5.41, 5.74) is 5.47. The van der Waals surface area contributed by atoms with Gasteiger partial charge < -0.3 is 20.9 Å². The highest BCUT2D eigenvalue weighted by Crippen LogP contribution is 2.15. The number of ether oxygens (including phenoxy) is 1. The first-order chi connectivity index (χ1) is 23.4. The number of amides is 1. The number of unbranched alkanes of at least 4 members (excludes halogenated alkanes) is 14. The third kappa shape index (κ3) is 31.9. The van der Waals surface area contributed by atoms with Gasteiger partial charge in [0.25, 0.3) is 0 Å². The summed E-state index contributed by atoms with van der Waals surface area (Å²) in [6, 6.07) is -0.876. The van der Waals surface area contributed by atoms with E-state index >= 15 is 0 Å². The number of allylic oxidation sites excluding steroid dienone is 7. The molecule has 0 radical (unpaired) electrons. The van der Waals surface area contributed by atoms with Gasteiger partial charge in [0.2, 0.25) is 5.91 Å². The Morgan fingerprint density at radius 3 is 1.79 bits per heavy atom. The molecule has 0 fully saturated rings. The fourth-order valence-corrected chi connectivity index (χ4v) is 5.36. The van der Waals surface area contributed by atoms with Gasteiger partial charge in [-0.15, -0.1) is 0 Å². The van der Waals surface area contributed by atoms with Crippen molar-refractivity contribution in [2.24, 2.45) is 5.73 Å². The normalized spacial score (nSPS) is 13.2. The van der Waals surface area contributed by atoms with E-state index in [9.17, 15) is 19.5 Å². The molecule has 0 aromatic rings. The average molecular weight is 673 g/mol. The first-order valence-corrected chi connectivity index (χ1v) is 19.5. The second kappa shape index (κ2) is 35.6. The maximum atomic E-state index is 12.7. The molecule has 1 amide bonds. The molecule has 0 spiro atoms. The third-order valence-corrected chi connectivity index (χ3v) is 8.35. The van der Waals surface area contributed by atoms with Gasteiger partial charge in [0, 0.05) is 12.8 Å². The number of carboxylic acid groups (broad SMARTS) is 1. The van der Waals surface area contributed by atoms with Gasteiger partial charge in [0.05, 0.1) is 0 Å². The predicted octanol–water partition coefficient (Wildman–Crippen LogP) is 10.4. The Kier molecular flexibility index (Phi) is 33.7. The van der Waals surface area contributed by atoms with Crippen molar-refractivity contribution >= 4 is 17.8 Å². The fraction of sp³-hybridized carbons (Fsp3) is 0.732. The fourth-order valence-electron chi connectivity index (χ4n) is 5.36. The van der Waals surface area contributed by atoms with Crippen molar-refractivity contribution < 1.29 is 24.2 Å². The van der Waals surface area contributed by atoms with E-state index in [1.54, 1.807) is 0 Å². The second-order valence-electron chi connectivity index (χ2n) is 13.0. The number of esters is 1. The number of carboxylic acids is 1. The van der Waals surface area contributed by atoms with Gasteiger partial charge in [-0.25, -0.2) is 4.79 Å². The van der Waals surface area contributed by atoms with Crippen molar-refractivity contribution in [1.29, 1.82) is 0 Å². The van der Waals surface area contributed by atoms with Crippen LogP contribution in [0.5, 0.6) is 0 Å². The van der Waals surface area contributed by atoms with Crippen molar-refractivity contribution in [3.8, 4) is 0 Å².